The molecule has 18 heavy (non-hydrogen) atoms. The van der Waals surface area contributed by atoms with E-state index in [0.29, 0.717) is 5.95 Å². The first-order valence-corrected chi connectivity index (χ1v) is 6.36. The molecule has 100 valence electrons. The second-order valence-electron chi connectivity index (χ2n) is 4.91. The Morgan fingerprint density at radius 3 is 2.61 bits per heavy atom. The number of nitrogen functional groups attached to an aromatic ring is 1. The molecule has 6 heteroatoms. The summed E-state index contributed by atoms with van der Waals surface area (Å²) >= 11 is 0. The van der Waals surface area contributed by atoms with Crippen molar-refractivity contribution in [3.8, 4) is 0 Å². The lowest BCUT2D eigenvalue weighted by Gasteiger charge is -2.35. The molecule has 1 aliphatic rings. The molecule has 0 atom stereocenters. The molecule has 1 fully saturated rings. The molecule has 0 amide bonds. The number of hydrogen-bond donors (Lipinski definition) is 1. The minimum Gasteiger partial charge on any atom is -0.368 e. The number of nitrogens with zero attached hydrogens (tertiary/aromatic N) is 5. The number of aromatic nitrogens is 2. The summed E-state index contributed by atoms with van der Waals surface area (Å²) in [7, 11) is 4.22. The van der Waals surface area contributed by atoms with E-state index in [1.54, 1.807) is 6.20 Å². The fourth-order valence-corrected chi connectivity index (χ4v) is 2.08. The Bertz CT molecular complexity index is 373. The Kier molecular flexibility index (Phi) is 4.33. The van der Waals surface area contributed by atoms with E-state index < -0.39 is 0 Å². The van der Waals surface area contributed by atoms with Crippen LogP contribution in [0.5, 0.6) is 0 Å². The van der Waals surface area contributed by atoms with Crippen LogP contribution in [0, 0.1) is 0 Å². The van der Waals surface area contributed by atoms with Gasteiger partial charge in [0.05, 0.1) is 0 Å². The van der Waals surface area contributed by atoms with Crippen LogP contribution in [0.25, 0.3) is 0 Å². The summed E-state index contributed by atoms with van der Waals surface area (Å²) in [6, 6.07) is 1.92. The van der Waals surface area contributed by atoms with Crippen molar-refractivity contribution in [1.82, 2.24) is 19.8 Å². The summed E-state index contributed by atoms with van der Waals surface area (Å²) in [6.07, 6.45) is 1.72. The van der Waals surface area contributed by atoms with Gasteiger partial charge in [-0.05, 0) is 20.2 Å². The van der Waals surface area contributed by atoms with E-state index in [4.69, 9.17) is 5.73 Å². The Hall–Kier alpha value is -1.40. The molecule has 0 radical (unpaired) electrons. The van der Waals surface area contributed by atoms with Gasteiger partial charge in [-0.1, -0.05) is 0 Å². The minimum atomic E-state index is 0.350. The molecule has 0 aromatic carbocycles. The first-order valence-electron chi connectivity index (χ1n) is 6.36. The van der Waals surface area contributed by atoms with Crippen molar-refractivity contribution in [3.05, 3.63) is 12.3 Å². The number of anilines is 2. The molecule has 0 bridgehead atoms. The maximum Gasteiger partial charge on any atom is 0.221 e. The summed E-state index contributed by atoms with van der Waals surface area (Å²) in [5.41, 5.74) is 5.61. The van der Waals surface area contributed by atoms with E-state index >= 15 is 0 Å². The second-order valence-corrected chi connectivity index (χ2v) is 4.91. The summed E-state index contributed by atoms with van der Waals surface area (Å²) in [5.74, 6) is 1.29. The lowest BCUT2D eigenvalue weighted by atomic mass is 10.3. The maximum atomic E-state index is 5.61. The van der Waals surface area contributed by atoms with Gasteiger partial charge in [-0.25, -0.2) is 4.98 Å². The summed E-state index contributed by atoms with van der Waals surface area (Å²) < 4.78 is 0. The highest BCUT2D eigenvalue weighted by atomic mass is 15.3. The largest absolute Gasteiger partial charge is 0.368 e. The Balaban J connectivity index is 1.83. The molecule has 2 heterocycles. The van der Waals surface area contributed by atoms with Crippen molar-refractivity contribution in [3.63, 3.8) is 0 Å². The van der Waals surface area contributed by atoms with Gasteiger partial charge in [-0.15, -0.1) is 0 Å². The number of piperazine rings is 1. The average molecular weight is 250 g/mol. The van der Waals surface area contributed by atoms with E-state index in [2.05, 4.69) is 38.8 Å². The lowest BCUT2D eigenvalue weighted by Crippen LogP contribution is -2.48. The van der Waals surface area contributed by atoms with Crippen LogP contribution in [-0.4, -0.2) is 73.1 Å². The third-order valence-electron chi connectivity index (χ3n) is 3.22. The van der Waals surface area contributed by atoms with Gasteiger partial charge in [0.15, 0.2) is 0 Å². The molecule has 6 nitrogen and oxygen atoms in total. The first kappa shape index (κ1) is 13.0. The Labute approximate surface area is 108 Å². The fraction of sp³-hybridized carbons (Fsp3) is 0.667. The van der Waals surface area contributed by atoms with Crippen LogP contribution in [0.15, 0.2) is 12.3 Å². The molecule has 0 saturated carbocycles. The monoisotopic (exact) mass is 250 g/mol. The maximum absolute atomic E-state index is 5.61. The van der Waals surface area contributed by atoms with E-state index in [-0.39, 0.29) is 0 Å². The van der Waals surface area contributed by atoms with Crippen molar-refractivity contribution >= 4 is 11.8 Å². The van der Waals surface area contributed by atoms with Gasteiger partial charge in [0.25, 0.3) is 0 Å². The SMILES string of the molecule is CN(C)CCN1CCN(c2ccnc(N)n2)CC1. The third kappa shape index (κ3) is 3.54. The predicted molar refractivity (Wildman–Crippen MR) is 73.7 cm³/mol. The van der Waals surface area contributed by atoms with Crippen LogP contribution < -0.4 is 10.6 Å². The van der Waals surface area contributed by atoms with Crippen LogP contribution in [-0.2, 0) is 0 Å². The molecule has 0 spiro atoms. The van der Waals surface area contributed by atoms with Gasteiger partial charge in [0, 0.05) is 45.5 Å². The zero-order chi connectivity index (χ0) is 13.0. The van der Waals surface area contributed by atoms with Gasteiger partial charge >= 0.3 is 0 Å². The molecule has 0 unspecified atom stereocenters. The molecule has 1 aromatic rings. The standard InChI is InChI=1S/C12H22N6/c1-16(2)5-6-17-7-9-18(10-8-17)11-3-4-14-12(13)15-11/h3-4H,5-10H2,1-2H3,(H2,13,14,15). The summed E-state index contributed by atoms with van der Waals surface area (Å²) in [6.45, 7) is 6.41. The van der Waals surface area contributed by atoms with Gasteiger partial charge in [-0.2, -0.15) is 4.98 Å². The molecular formula is C12H22N6. The van der Waals surface area contributed by atoms with Crippen molar-refractivity contribution in [1.29, 1.82) is 0 Å². The van der Waals surface area contributed by atoms with Gasteiger partial charge in [0.2, 0.25) is 5.95 Å². The smallest absolute Gasteiger partial charge is 0.221 e. The molecule has 1 saturated heterocycles. The minimum absolute atomic E-state index is 0.350. The first-order chi connectivity index (χ1) is 8.65. The predicted octanol–water partition coefficient (Wildman–Crippen LogP) is -0.258. The Morgan fingerprint density at radius 2 is 2.00 bits per heavy atom. The average Bonchev–Trinajstić information content (AvgIpc) is 2.37. The highest BCUT2D eigenvalue weighted by Crippen LogP contribution is 2.13. The Morgan fingerprint density at radius 1 is 1.28 bits per heavy atom. The zero-order valence-corrected chi connectivity index (χ0v) is 11.2. The lowest BCUT2D eigenvalue weighted by molar-refractivity contribution is 0.229. The summed E-state index contributed by atoms with van der Waals surface area (Å²) in [5, 5.41) is 0. The topological polar surface area (TPSA) is 61.5 Å². The number of likely N-dealkylation sites (N-methyl/N-ethyl adjacent to an activating group) is 1. The second kappa shape index (κ2) is 5.97. The molecule has 2 rings (SSSR count). The summed E-state index contributed by atoms with van der Waals surface area (Å²) in [4.78, 5) is 15.2. The van der Waals surface area contributed by atoms with Crippen LogP contribution in [0.2, 0.25) is 0 Å². The van der Waals surface area contributed by atoms with Crippen molar-refractivity contribution in [2.24, 2.45) is 0 Å². The fourth-order valence-electron chi connectivity index (χ4n) is 2.08. The number of hydrogen-bond acceptors (Lipinski definition) is 6. The van der Waals surface area contributed by atoms with Crippen LogP contribution in [0.4, 0.5) is 11.8 Å². The highest BCUT2D eigenvalue weighted by Gasteiger charge is 2.17. The molecule has 0 aliphatic carbocycles. The van der Waals surface area contributed by atoms with Crippen molar-refractivity contribution in [2.75, 3.05) is 64.0 Å². The van der Waals surface area contributed by atoms with Gasteiger partial charge in [0.1, 0.15) is 5.82 Å². The molecule has 1 aromatic heterocycles. The molecule has 1 aliphatic heterocycles. The van der Waals surface area contributed by atoms with E-state index in [1.807, 2.05) is 6.07 Å². The van der Waals surface area contributed by atoms with E-state index in [0.717, 1.165) is 45.1 Å². The van der Waals surface area contributed by atoms with Crippen LogP contribution in [0.3, 0.4) is 0 Å². The number of rotatable bonds is 4. The number of nitrogens with two attached hydrogens (primary N) is 1. The quantitative estimate of drug-likeness (QED) is 0.794. The van der Waals surface area contributed by atoms with Crippen molar-refractivity contribution in [2.45, 2.75) is 0 Å². The van der Waals surface area contributed by atoms with E-state index in [9.17, 15) is 0 Å². The van der Waals surface area contributed by atoms with Crippen LogP contribution in [0.1, 0.15) is 0 Å². The normalized spacial score (nSPS) is 17.4. The molecule has 2 N–H and O–H groups in total. The molecular weight excluding hydrogens is 228 g/mol. The highest BCUT2D eigenvalue weighted by molar-refractivity contribution is 5.41. The van der Waals surface area contributed by atoms with Gasteiger partial charge < -0.3 is 15.5 Å². The van der Waals surface area contributed by atoms with Crippen molar-refractivity contribution < 1.29 is 0 Å². The third-order valence-corrected chi connectivity index (χ3v) is 3.22. The van der Waals surface area contributed by atoms with Crippen LogP contribution >= 0.6 is 0 Å². The zero-order valence-electron chi connectivity index (χ0n) is 11.2. The van der Waals surface area contributed by atoms with E-state index in [1.165, 1.54) is 0 Å². The van der Waals surface area contributed by atoms with Gasteiger partial charge in [-0.3, -0.25) is 4.90 Å².